The Kier molecular flexibility index (Phi) is 4.99. The van der Waals surface area contributed by atoms with Gasteiger partial charge in [0.05, 0.1) is 5.92 Å². The van der Waals surface area contributed by atoms with E-state index in [-0.39, 0.29) is 17.2 Å². The SMILES string of the molecule is CC(C)(CNC1CCC(C(=O)O)CC1)c1ccc(F)cc1. The molecule has 21 heavy (non-hydrogen) atoms. The average molecular weight is 293 g/mol. The summed E-state index contributed by atoms with van der Waals surface area (Å²) >= 11 is 0. The van der Waals surface area contributed by atoms with Crippen LogP contribution in [0.15, 0.2) is 24.3 Å². The molecule has 4 heteroatoms. The minimum atomic E-state index is -0.667. The molecule has 0 bridgehead atoms. The molecule has 0 aromatic heterocycles. The normalized spacial score (nSPS) is 23.0. The Morgan fingerprint density at radius 1 is 1.24 bits per heavy atom. The summed E-state index contributed by atoms with van der Waals surface area (Å²) in [5.41, 5.74) is 1.03. The first-order valence-corrected chi connectivity index (χ1v) is 7.61. The number of carboxylic acid groups (broad SMARTS) is 1. The van der Waals surface area contributed by atoms with Crippen LogP contribution in [0.25, 0.3) is 0 Å². The van der Waals surface area contributed by atoms with Crippen LogP contribution >= 0.6 is 0 Å². The van der Waals surface area contributed by atoms with Gasteiger partial charge in [0.1, 0.15) is 5.82 Å². The van der Waals surface area contributed by atoms with E-state index in [4.69, 9.17) is 5.11 Å². The van der Waals surface area contributed by atoms with Gasteiger partial charge in [-0.3, -0.25) is 4.79 Å². The highest BCUT2D eigenvalue weighted by Crippen LogP contribution is 2.27. The van der Waals surface area contributed by atoms with Crippen LogP contribution < -0.4 is 5.32 Å². The first-order valence-electron chi connectivity index (χ1n) is 7.61. The molecule has 1 aliphatic rings. The Labute approximate surface area is 125 Å². The number of hydrogen-bond acceptors (Lipinski definition) is 2. The third kappa shape index (κ3) is 4.27. The molecule has 0 amide bonds. The summed E-state index contributed by atoms with van der Waals surface area (Å²) in [5.74, 6) is -1.05. The van der Waals surface area contributed by atoms with Crippen LogP contribution in [0.2, 0.25) is 0 Å². The maximum Gasteiger partial charge on any atom is 0.306 e. The van der Waals surface area contributed by atoms with Gasteiger partial charge in [0.15, 0.2) is 0 Å². The predicted molar refractivity (Wildman–Crippen MR) is 80.8 cm³/mol. The second kappa shape index (κ2) is 6.56. The van der Waals surface area contributed by atoms with Gasteiger partial charge in [-0.05, 0) is 43.4 Å². The fourth-order valence-electron chi connectivity index (χ4n) is 2.95. The number of carboxylic acids is 1. The van der Waals surface area contributed by atoms with E-state index >= 15 is 0 Å². The monoisotopic (exact) mass is 293 g/mol. The van der Waals surface area contributed by atoms with E-state index in [0.29, 0.717) is 6.04 Å². The third-order valence-electron chi connectivity index (χ3n) is 4.53. The van der Waals surface area contributed by atoms with E-state index in [9.17, 15) is 9.18 Å². The zero-order chi connectivity index (χ0) is 15.5. The summed E-state index contributed by atoms with van der Waals surface area (Å²) < 4.78 is 13.0. The second-order valence-electron chi connectivity index (χ2n) is 6.66. The van der Waals surface area contributed by atoms with Crippen LogP contribution in [-0.2, 0) is 10.2 Å². The summed E-state index contributed by atoms with van der Waals surface area (Å²) in [4.78, 5) is 10.9. The standard InChI is InChI=1S/C17H24FNO2/c1-17(2,13-5-7-14(18)8-6-13)11-19-15-9-3-12(4-10-15)16(20)21/h5-8,12,15,19H,3-4,9-11H2,1-2H3,(H,20,21). The third-order valence-corrected chi connectivity index (χ3v) is 4.53. The van der Waals surface area contributed by atoms with Gasteiger partial charge in [0.25, 0.3) is 0 Å². The number of hydrogen-bond donors (Lipinski definition) is 2. The van der Waals surface area contributed by atoms with Crippen molar-refractivity contribution >= 4 is 5.97 Å². The van der Waals surface area contributed by atoms with Gasteiger partial charge in [-0.1, -0.05) is 26.0 Å². The predicted octanol–water partition coefficient (Wildman–Crippen LogP) is 3.34. The Balaban J connectivity index is 1.85. The number of aliphatic carboxylic acids is 1. The van der Waals surface area contributed by atoms with Gasteiger partial charge in [-0.15, -0.1) is 0 Å². The van der Waals surface area contributed by atoms with Crippen LogP contribution in [0.5, 0.6) is 0 Å². The highest BCUT2D eigenvalue weighted by molar-refractivity contribution is 5.70. The van der Waals surface area contributed by atoms with Crippen molar-refractivity contribution < 1.29 is 14.3 Å². The van der Waals surface area contributed by atoms with E-state index in [2.05, 4.69) is 19.2 Å². The number of halogens is 1. The molecule has 116 valence electrons. The minimum Gasteiger partial charge on any atom is -0.481 e. The number of rotatable bonds is 5. The fourth-order valence-corrected chi connectivity index (χ4v) is 2.95. The molecule has 2 rings (SSSR count). The molecule has 1 aliphatic carbocycles. The molecule has 0 heterocycles. The highest BCUT2D eigenvalue weighted by Gasteiger charge is 2.27. The number of benzene rings is 1. The van der Waals surface area contributed by atoms with Crippen LogP contribution in [0.1, 0.15) is 45.1 Å². The van der Waals surface area contributed by atoms with E-state index in [1.165, 1.54) is 12.1 Å². The highest BCUT2D eigenvalue weighted by atomic mass is 19.1. The van der Waals surface area contributed by atoms with Crippen LogP contribution in [0.4, 0.5) is 4.39 Å². The maximum absolute atomic E-state index is 13.0. The summed E-state index contributed by atoms with van der Waals surface area (Å²) in [7, 11) is 0. The summed E-state index contributed by atoms with van der Waals surface area (Å²) in [6, 6.07) is 7.04. The average Bonchev–Trinajstić information content (AvgIpc) is 2.46. The molecule has 0 saturated heterocycles. The second-order valence-corrected chi connectivity index (χ2v) is 6.66. The van der Waals surface area contributed by atoms with Gasteiger partial charge in [0, 0.05) is 18.0 Å². The molecule has 0 atom stereocenters. The topological polar surface area (TPSA) is 49.3 Å². The van der Waals surface area contributed by atoms with Crippen LogP contribution in [0, 0.1) is 11.7 Å². The smallest absolute Gasteiger partial charge is 0.306 e. The summed E-state index contributed by atoms with van der Waals surface area (Å²) in [6.07, 6.45) is 3.33. The van der Waals surface area contributed by atoms with Gasteiger partial charge < -0.3 is 10.4 Å². The van der Waals surface area contributed by atoms with E-state index in [1.54, 1.807) is 0 Å². The molecule has 0 radical (unpaired) electrons. The molecule has 0 spiro atoms. The molecular weight excluding hydrogens is 269 g/mol. The fraction of sp³-hybridized carbons (Fsp3) is 0.588. The lowest BCUT2D eigenvalue weighted by molar-refractivity contribution is -0.142. The molecule has 1 aromatic rings. The summed E-state index contributed by atoms with van der Waals surface area (Å²) in [5, 5.41) is 12.6. The van der Waals surface area contributed by atoms with Crippen molar-refractivity contribution in [2.75, 3.05) is 6.54 Å². The molecular formula is C17H24FNO2. The largest absolute Gasteiger partial charge is 0.481 e. The summed E-state index contributed by atoms with van der Waals surface area (Å²) in [6.45, 7) is 5.08. The Morgan fingerprint density at radius 3 is 2.33 bits per heavy atom. The van der Waals surface area contributed by atoms with Crippen molar-refractivity contribution in [3.8, 4) is 0 Å². The van der Waals surface area contributed by atoms with Gasteiger partial charge in [-0.2, -0.15) is 0 Å². The molecule has 3 nitrogen and oxygen atoms in total. The molecule has 2 N–H and O–H groups in total. The quantitative estimate of drug-likeness (QED) is 0.875. The zero-order valence-corrected chi connectivity index (χ0v) is 12.7. The van der Waals surface area contributed by atoms with Crippen LogP contribution in [0.3, 0.4) is 0 Å². The lowest BCUT2D eigenvalue weighted by atomic mass is 9.82. The van der Waals surface area contributed by atoms with Crippen molar-refractivity contribution in [3.63, 3.8) is 0 Å². The number of carbonyl (C=O) groups is 1. The van der Waals surface area contributed by atoms with E-state index in [0.717, 1.165) is 37.8 Å². The Morgan fingerprint density at radius 2 is 1.81 bits per heavy atom. The molecule has 1 saturated carbocycles. The van der Waals surface area contributed by atoms with Crippen molar-refractivity contribution in [2.45, 2.75) is 51.0 Å². The Hall–Kier alpha value is -1.42. The molecule has 1 fully saturated rings. The lowest BCUT2D eigenvalue weighted by Crippen LogP contribution is -2.41. The van der Waals surface area contributed by atoms with Crippen molar-refractivity contribution in [1.82, 2.24) is 5.32 Å². The number of nitrogens with one attached hydrogen (secondary N) is 1. The van der Waals surface area contributed by atoms with E-state index in [1.807, 2.05) is 12.1 Å². The first kappa shape index (κ1) is 16.0. The minimum absolute atomic E-state index is 0.0721. The van der Waals surface area contributed by atoms with Gasteiger partial charge in [-0.25, -0.2) is 4.39 Å². The lowest BCUT2D eigenvalue weighted by Gasteiger charge is -2.32. The first-order chi connectivity index (χ1) is 9.88. The van der Waals surface area contributed by atoms with Crippen molar-refractivity contribution in [3.05, 3.63) is 35.6 Å². The van der Waals surface area contributed by atoms with Gasteiger partial charge >= 0.3 is 5.97 Å². The van der Waals surface area contributed by atoms with Crippen LogP contribution in [-0.4, -0.2) is 23.7 Å². The molecule has 0 aliphatic heterocycles. The van der Waals surface area contributed by atoms with Crippen molar-refractivity contribution in [1.29, 1.82) is 0 Å². The Bertz CT molecular complexity index is 476. The van der Waals surface area contributed by atoms with Crippen molar-refractivity contribution in [2.24, 2.45) is 5.92 Å². The van der Waals surface area contributed by atoms with E-state index < -0.39 is 5.97 Å². The maximum atomic E-state index is 13.0. The van der Waals surface area contributed by atoms with Gasteiger partial charge in [0.2, 0.25) is 0 Å². The molecule has 0 unspecified atom stereocenters. The zero-order valence-electron chi connectivity index (χ0n) is 12.7. The molecule has 1 aromatic carbocycles.